The minimum Gasteiger partial charge on any atom is -0.324 e. The van der Waals surface area contributed by atoms with Crippen LogP contribution in [0.4, 0.5) is 0 Å². The van der Waals surface area contributed by atoms with E-state index in [2.05, 4.69) is 9.97 Å². The van der Waals surface area contributed by atoms with Crippen LogP contribution < -0.4 is 5.73 Å². The molecule has 1 aliphatic heterocycles. The lowest BCUT2D eigenvalue weighted by Gasteiger charge is -2.07. The van der Waals surface area contributed by atoms with E-state index in [1.54, 1.807) is 0 Å². The van der Waals surface area contributed by atoms with Crippen molar-refractivity contribution in [3.63, 3.8) is 0 Å². The van der Waals surface area contributed by atoms with Crippen molar-refractivity contribution in [3.05, 3.63) is 23.8 Å². The molecule has 0 aromatic carbocycles. The minimum absolute atomic E-state index is 0. The van der Waals surface area contributed by atoms with E-state index in [4.69, 9.17) is 5.73 Å². The molecule has 1 atom stereocenters. The smallest absolute Gasteiger partial charge is 0.141 e. The zero-order valence-electron chi connectivity index (χ0n) is 7.85. The Morgan fingerprint density at radius 2 is 2.14 bits per heavy atom. The molecule has 1 aromatic heterocycles. The molecule has 0 bridgehead atoms. The first-order valence-electron chi connectivity index (χ1n) is 4.49. The molecule has 78 valence electrons. The van der Waals surface area contributed by atoms with E-state index in [9.17, 15) is 0 Å². The molecule has 1 saturated heterocycles. The van der Waals surface area contributed by atoms with E-state index in [-0.39, 0.29) is 12.4 Å². The normalized spacial score (nSPS) is 20.5. The molecule has 1 aromatic rings. The SMILES string of the molecule is Cl.NCc1ncc(C2CCSC2)cn1. The summed E-state index contributed by atoms with van der Waals surface area (Å²) in [6.45, 7) is 0.430. The van der Waals surface area contributed by atoms with E-state index in [0.717, 1.165) is 5.82 Å². The third kappa shape index (κ3) is 2.59. The van der Waals surface area contributed by atoms with Crippen molar-refractivity contribution >= 4 is 24.2 Å². The van der Waals surface area contributed by atoms with Gasteiger partial charge in [-0.1, -0.05) is 0 Å². The first-order valence-corrected chi connectivity index (χ1v) is 5.64. The standard InChI is InChI=1S/C9H13N3S.ClH/c10-3-9-11-4-8(5-12-9)7-1-2-13-6-7;/h4-5,7H,1-3,6,10H2;1H. The van der Waals surface area contributed by atoms with Crippen molar-refractivity contribution in [2.75, 3.05) is 11.5 Å². The van der Waals surface area contributed by atoms with Gasteiger partial charge in [0.1, 0.15) is 5.82 Å². The molecule has 1 fully saturated rings. The van der Waals surface area contributed by atoms with Crippen molar-refractivity contribution in [1.29, 1.82) is 0 Å². The van der Waals surface area contributed by atoms with Crippen LogP contribution in [0.5, 0.6) is 0 Å². The van der Waals surface area contributed by atoms with Gasteiger partial charge in [-0.15, -0.1) is 12.4 Å². The van der Waals surface area contributed by atoms with Gasteiger partial charge in [-0.25, -0.2) is 9.97 Å². The number of nitrogens with two attached hydrogens (primary N) is 1. The molecule has 0 radical (unpaired) electrons. The largest absolute Gasteiger partial charge is 0.324 e. The van der Waals surface area contributed by atoms with Gasteiger partial charge in [0.2, 0.25) is 0 Å². The summed E-state index contributed by atoms with van der Waals surface area (Å²) in [5, 5.41) is 0. The number of hydrogen-bond donors (Lipinski definition) is 1. The zero-order valence-corrected chi connectivity index (χ0v) is 9.48. The fourth-order valence-electron chi connectivity index (χ4n) is 1.48. The summed E-state index contributed by atoms with van der Waals surface area (Å²) < 4.78 is 0. The summed E-state index contributed by atoms with van der Waals surface area (Å²) in [5.74, 6) is 3.88. The maximum absolute atomic E-state index is 5.42. The second-order valence-electron chi connectivity index (χ2n) is 3.20. The molecule has 1 unspecified atom stereocenters. The molecule has 0 aliphatic carbocycles. The number of thioether (sulfide) groups is 1. The van der Waals surface area contributed by atoms with Crippen LogP contribution in [-0.4, -0.2) is 21.5 Å². The number of rotatable bonds is 2. The topological polar surface area (TPSA) is 51.8 Å². The quantitative estimate of drug-likeness (QED) is 0.840. The Bertz CT molecular complexity index is 272. The van der Waals surface area contributed by atoms with Gasteiger partial charge in [0.25, 0.3) is 0 Å². The Morgan fingerprint density at radius 3 is 2.64 bits per heavy atom. The minimum atomic E-state index is 0. The first kappa shape index (κ1) is 11.8. The Kier molecular flexibility index (Phi) is 4.65. The first-order chi connectivity index (χ1) is 6.40. The predicted molar refractivity (Wildman–Crippen MR) is 61.9 cm³/mol. The summed E-state index contributed by atoms with van der Waals surface area (Å²) in [6, 6.07) is 0. The molecule has 0 amide bonds. The monoisotopic (exact) mass is 231 g/mol. The van der Waals surface area contributed by atoms with Gasteiger partial charge in [-0.2, -0.15) is 11.8 Å². The molecule has 2 heterocycles. The lowest BCUT2D eigenvalue weighted by molar-refractivity contribution is 0.760. The van der Waals surface area contributed by atoms with Crippen LogP contribution in [-0.2, 0) is 6.54 Å². The lowest BCUT2D eigenvalue weighted by atomic mass is 10.0. The van der Waals surface area contributed by atoms with Gasteiger partial charge >= 0.3 is 0 Å². The van der Waals surface area contributed by atoms with E-state index < -0.39 is 0 Å². The lowest BCUT2D eigenvalue weighted by Crippen LogP contribution is -2.05. The third-order valence-electron chi connectivity index (χ3n) is 2.31. The molecule has 1 aliphatic rings. The van der Waals surface area contributed by atoms with Crippen molar-refractivity contribution in [1.82, 2.24) is 9.97 Å². The highest BCUT2D eigenvalue weighted by atomic mass is 35.5. The van der Waals surface area contributed by atoms with Crippen molar-refractivity contribution in [2.24, 2.45) is 5.73 Å². The van der Waals surface area contributed by atoms with Gasteiger partial charge in [0.15, 0.2) is 0 Å². The molecule has 3 nitrogen and oxygen atoms in total. The highest BCUT2D eigenvalue weighted by molar-refractivity contribution is 7.99. The number of aromatic nitrogens is 2. The summed E-state index contributed by atoms with van der Waals surface area (Å²) >= 11 is 2.01. The van der Waals surface area contributed by atoms with Crippen LogP contribution in [0.1, 0.15) is 23.7 Å². The van der Waals surface area contributed by atoms with Crippen molar-refractivity contribution in [2.45, 2.75) is 18.9 Å². The Labute approximate surface area is 94.3 Å². The van der Waals surface area contributed by atoms with Crippen molar-refractivity contribution < 1.29 is 0 Å². The Hall–Kier alpha value is -0.320. The highest BCUT2D eigenvalue weighted by Crippen LogP contribution is 2.31. The fourth-order valence-corrected chi connectivity index (χ4v) is 2.74. The highest BCUT2D eigenvalue weighted by Gasteiger charge is 2.17. The molecule has 0 spiro atoms. The molecule has 14 heavy (non-hydrogen) atoms. The molecule has 5 heteroatoms. The van der Waals surface area contributed by atoms with Gasteiger partial charge in [-0.05, 0) is 23.7 Å². The molecular formula is C9H14ClN3S. The summed E-state index contributed by atoms with van der Waals surface area (Å²) in [4.78, 5) is 8.39. The third-order valence-corrected chi connectivity index (χ3v) is 3.47. The van der Waals surface area contributed by atoms with Crippen LogP contribution in [0.2, 0.25) is 0 Å². The number of halogens is 1. The number of hydrogen-bond acceptors (Lipinski definition) is 4. The fraction of sp³-hybridized carbons (Fsp3) is 0.556. The maximum atomic E-state index is 5.42. The van der Waals surface area contributed by atoms with Gasteiger partial charge in [0.05, 0.1) is 6.54 Å². The average Bonchev–Trinajstić information content (AvgIpc) is 2.71. The van der Waals surface area contributed by atoms with Gasteiger partial charge in [-0.3, -0.25) is 0 Å². The average molecular weight is 232 g/mol. The van der Waals surface area contributed by atoms with Crippen LogP contribution in [0.3, 0.4) is 0 Å². The Morgan fingerprint density at radius 1 is 1.43 bits per heavy atom. The summed E-state index contributed by atoms with van der Waals surface area (Å²) in [5.41, 5.74) is 6.69. The van der Waals surface area contributed by atoms with E-state index in [1.165, 1.54) is 23.5 Å². The molecule has 0 saturated carbocycles. The van der Waals surface area contributed by atoms with E-state index in [1.807, 2.05) is 24.2 Å². The molecule has 2 N–H and O–H groups in total. The summed E-state index contributed by atoms with van der Waals surface area (Å²) in [7, 11) is 0. The van der Waals surface area contributed by atoms with Crippen molar-refractivity contribution in [3.8, 4) is 0 Å². The van der Waals surface area contributed by atoms with Gasteiger partial charge < -0.3 is 5.73 Å². The Balaban J connectivity index is 0.000000980. The predicted octanol–water partition coefficient (Wildman–Crippen LogP) is 1.58. The van der Waals surface area contributed by atoms with E-state index in [0.29, 0.717) is 12.5 Å². The van der Waals surface area contributed by atoms with Crippen LogP contribution in [0.15, 0.2) is 12.4 Å². The van der Waals surface area contributed by atoms with E-state index >= 15 is 0 Å². The number of nitrogens with zero attached hydrogens (tertiary/aromatic N) is 2. The van der Waals surface area contributed by atoms with Crippen LogP contribution in [0.25, 0.3) is 0 Å². The van der Waals surface area contributed by atoms with Crippen LogP contribution >= 0.6 is 24.2 Å². The maximum Gasteiger partial charge on any atom is 0.141 e. The van der Waals surface area contributed by atoms with Crippen LogP contribution in [0, 0.1) is 0 Å². The molecule has 2 rings (SSSR count). The second-order valence-corrected chi connectivity index (χ2v) is 4.35. The van der Waals surface area contributed by atoms with Gasteiger partial charge in [0, 0.05) is 18.1 Å². The zero-order chi connectivity index (χ0) is 9.10. The second kappa shape index (κ2) is 5.53. The summed E-state index contributed by atoms with van der Waals surface area (Å²) in [6.07, 6.45) is 5.10. The molecular weight excluding hydrogens is 218 g/mol.